The van der Waals surface area contributed by atoms with Crippen LogP contribution in [0.2, 0.25) is 0 Å². The molecule has 1 saturated heterocycles. The second-order valence-corrected chi connectivity index (χ2v) is 5.88. The van der Waals surface area contributed by atoms with Crippen molar-refractivity contribution in [3.8, 4) is 0 Å². The zero-order chi connectivity index (χ0) is 19.1. The molecule has 140 valence electrons. The number of allylic oxidation sites excluding steroid dienone is 1. The highest BCUT2D eigenvalue weighted by Gasteiger charge is 2.22. The maximum atomic E-state index is 13.3. The number of carbonyl (C=O) groups excluding carboxylic acids is 2. The minimum absolute atomic E-state index is 0.0339. The van der Waals surface area contributed by atoms with Crippen molar-refractivity contribution in [2.75, 3.05) is 20.1 Å². The van der Waals surface area contributed by atoms with Crippen LogP contribution < -0.4 is 16.0 Å². The maximum absolute atomic E-state index is 13.3. The van der Waals surface area contributed by atoms with Gasteiger partial charge in [0.05, 0.1) is 5.70 Å². The first-order valence-corrected chi connectivity index (χ1v) is 8.37. The number of carbonyl (C=O) groups is 2. The van der Waals surface area contributed by atoms with E-state index >= 15 is 0 Å². The summed E-state index contributed by atoms with van der Waals surface area (Å²) >= 11 is 0. The highest BCUT2D eigenvalue weighted by atomic mass is 19.1. The van der Waals surface area contributed by atoms with Crippen LogP contribution in [-0.4, -0.2) is 43.7 Å². The molecule has 0 spiro atoms. The molecule has 1 fully saturated rings. The highest BCUT2D eigenvalue weighted by Crippen LogP contribution is 2.09. The lowest BCUT2D eigenvalue weighted by Crippen LogP contribution is -2.46. The molecule has 0 atom stereocenters. The summed E-state index contributed by atoms with van der Waals surface area (Å²) in [5.74, 6) is -2.85. The third kappa shape index (κ3) is 5.19. The van der Waals surface area contributed by atoms with E-state index in [0.717, 1.165) is 38.1 Å². The standard InChI is InChI=1S/C18H22F2N4O2/c1-3-15(24-17(25)11-8-12(19)10-13(20)9-11)16(21-2)18(26)23-14-4-6-22-7-5-14/h3,8-10,14,22H,4-7H2,1-2H3,(H,23,26)(H,24,25)/b15-3+,21-16+. The number of nitrogens with zero attached hydrogens (tertiary/aromatic N) is 1. The Morgan fingerprint density at radius 1 is 1.19 bits per heavy atom. The molecule has 2 amide bonds. The Morgan fingerprint density at radius 2 is 1.81 bits per heavy atom. The minimum atomic E-state index is -0.856. The van der Waals surface area contributed by atoms with Crippen molar-refractivity contribution in [3.63, 3.8) is 0 Å². The number of benzene rings is 1. The van der Waals surface area contributed by atoms with Gasteiger partial charge in [0.1, 0.15) is 17.3 Å². The molecule has 6 nitrogen and oxygen atoms in total. The molecule has 1 aliphatic rings. The second kappa shape index (κ2) is 9.19. The third-order valence-electron chi connectivity index (χ3n) is 4.03. The van der Waals surface area contributed by atoms with Gasteiger partial charge in [-0.15, -0.1) is 0 Å². The molecular weight excluding hydrogens is 342 g/mol. The highest BCUT2D eigenvalue weighted by molar-refractivity contribution is 6.45. The first-order valence-electron chi connectivity index (χ1n) is 8.37. The first-order chi connectivity index (χ1) is 12.4. The third-order valence-corrected chi connectivity index (χ3v) is 4.03. The van der Waals surface area contributed by atoms with E-state index in [0.29, 0.717) is 6.07 Å². The van der Waals surface area contributed by atoms with Gasteiger partial charge in [-0.2, -0.15) is 0 Å². The number of halogens is 2. The number of hydrogen-bond donors (Lipinski definition) is 3. The van der Waals surface area contributed by atoms with E-state index in [1.807, 2.05) is 0 Å². The maximum Gasteiger partial charge on any atom is 0.271 e. The number of aliphatic imine (C=N–C) groups is 1. The predicted octanol–water partition coefficient (Wildman–Crippen LogP) is 1.54. The molecule has 3 N–H and O–H groups in total. The van der Waals surface area contributed by atoms with Gasteiger partial charge in [-0.1, -0.05) is 6.08 Å². The molecule has 1 aromatic carbocycles. The van der Waals surface area contributed by atoms with Gasteiger partial charge >= 0.3 is 0 Å². The molecule has 1 aromatic rings. The molecule has 0 radical (unpaired) electrons. The molecule has 2 rings (SSSR count). The zero-order valence-corrected chi connectivity index (χ0v) is 14.7. The number of nitrogens with one attached hydrogen (secondary N) is 3. The van der Waals surface area contributed by atoms with Gasteiger partial charge in [0.2, 0.25) is 0 Å². The van der Waals surface area contributed by atoms with Crippen molar-refractivity contribution in [1.29, 1.82) is 0 Å². The van der Waals surface area contributed by atoms with Gasteiger partial charge < -0.3 is 16.0 Å². The molecule has 0 aliphatic carbocycles. The van der Waals surface area contributed by atoms with Crippen LogP contribution in [0.3, 0.4) is 0 Å². The second-order valence-electron chi connectivity index (χ2n) is 5.88. The van der Waals surface area contributed by atoms with Crippen LogP contribution >= 0.6 is 0 Å². The van der Waals surface area contributed by atoms with Gasteiger partial charge in [-0.05, 0) is 45.0 Å². The van der Waals surface area contributed by atoms with E-state index < -0.39 is 23.4 Å². The first kappa shape index (κ1) is 19.7. The number of piperidine rings is 1. The number of hydrogen-bond acceptors (Lipinski definition) is 4. The molecule has 8 heteroatoms. The summed E-state index contributed by atoms with van der Waals surface area (Å²) in [7, 11) is 1.44. The zero-order valence-electron chi connectivity index (χ0n) is 14.7. The van der Waals surface area contributed by atoms with E-state index in [2.05, 4.69) is 20.9 Å². The Morgan fingerprint density at radius 3 is 2.35 bits per heavy atom. The van der Waals surface area contributed by atoms with Crippen molar-refractivity contribution in [2.24, 2.45) is 4.99 Å². The fourth-order valence-electron chi connectivity index (χ4n) is 2.71. The monoisotopic (exact) mass is 364 g/mol. The van der Waals surface area contributed by atoms with Crippen LogP contribution in [0, 0.1) is 11.6 Å². The molecule has 0 bridgehead atoms. The summed E-state index contributed by atoms with van der Waals surface area (Å²) in [6.07, 6.45) is 3.13. The SMILES string of the molecule is C/C=C(NC(=O)c1cc(F)cc(F)c1)\C(=N/C)C(=O)NC1CCNCC1. The fourth-order valence-corrected chi connectivity index (χ4v) is 2.71. The lowest BCUT2D eigenvalue weighted by Gasteiger charge is -2.24. The molecule has 0 saturated carbocycles. The normalized spacial score (nSPS) is 16.3. The van der Waals surface area contributed by atoms with Crippen molar-refractivity contribution < 1.29 is 18.4 Å². The lowest BCUT2D eigenvalue weighted by molar-refractivity contribution is -0.115. The number of amides is 2. The van der Waals surface area contributed by atoms with E-state index in [4.69, 9.17) is 0 Å². The van der Waals surface area contributed by atoms with E-state index in [1.54, 1.807) is 6.92 Å². The van der Waals surface area contributed by atoms with Gasteiger partial charge in [0.15, 0.2) is 0 Å². The summed E-state index contributed by atoms with van der Waals surface area (Å²) in [6, 6.07) is 2.55. The van der Waals surface area contributed by atoms with Gasteiger partial charge in [0.25, 0.3) is 11.8 Å². The van der Waals surface area contributed by atoms with Crippen LogP contribution in [-0.2, 0) is 4.79 Å². The Bertz CT molecular complexity index is 720. The predicted molar refractivity (Wildman–Crippen MR) is 95.0 cm³/mol. The Kier molecular flexibility index (Phi) is 6.97. The number of rotatable bonds is 5. The summed E-state index contributed by atoms with van der Waals surface area (Å²) in [6.45, 7) is 3.27. The van der Waals surface area contributed by atoms with Crippen LogP contribution in [0.1, 0.15) is 30.1 Å². The Labute approximate surface area is 150 Å². The molecule has 1 heterocycles. The smallest absolute Gasteiger partial charge is 0.271 e. The summed E-state index contributed by atoms with van der Waals surface area (Å²) in [5, 5.41) is 8.59. The fraction of sp³-hybridized carbons (Fsp3) is 0.389. The molecule has 0 unspecified atom stereocenters. The largest absolute Gasteiger partial charge is 0.348 e. The lowest BCUT2D eigenvalue weighted by atomic mass is 10.1. The van der Waals surface area contributed by atoms with Crippen LogP contribution in [0.4, 0.5) is 8.78 Å². The summed E-state index contributed by atoms with van der Waals surface area (Å²) in [5.41, 5.74) is 0.0425. The van der Waals surface area contributed by atoms with Crippen LogP contribution in [0.15, 0.2) is 35.0 Å². The molecular formula is C18H22F2N4O2. The van der Waals surface area contributed by atoms with Crippen LogP contribution in [0.25, 0.3) is 0 Å². The molecule has 0 aromatic heterocycles. The summed E-state index contributed by atoms with van der Waals surface area (Å²) in [4.78, 5) is 28.7. The van der Waals surface area contributed by atoms with Gasteiger partial charge in [-0.3, -0.25) is 14.6 Å². The topological polar surface area (TPSA) is 82.6 Å². The van der Waals surface area contributed by atoms with Crippen molar-refractivity contribution >= 4 is 17.5 Å². The quantitative estimate of drug-likeness (QED) is 0.693. The minimum Gasteiger partial charge on any atom is -0.348 e. The van der Waals surface area contributed by atoms with E-state index in [9.17, 15) is 18.4 Å². The average Bonchev–Trinajstić information content (AvgIpc) is 2.61. The van der Waals surface area contributed by atoms with Crippen molar-refractivity contribution in [1.82, 2.24) is 16.0 Å². The molecule has 26 heavy (non-hydrogen) atoms. The van der Waals surface area contributed by atoms with Crippen molar-refractivity contribution in [3.05, 3.63) is 47.2 Å². The molecule has 1 aliphatic heterocycles. The van der Waals surface area contributed by atoms with E-state index in [1.165, 1.54) is 13.1 Å². The van der Waals surface area contributed by atoms with E-state index in [-0.39, 0.29) is 23.0 Å². The van der Waals surface area contributed by atoms with Crippen LogP contribution in [0.5, 0.6) is 0 Å². The summed E-state index contributed by atoms with van der Waals surface area (Å²) < 4.78 is 26.6. The van der Waals surface area contributed by atoms with Crippen molar-refractivity contribution in [2.45, 2.75) is 25.8 Å². The average molecular weight is 364 g/mol. The Hall–Kier alpha value is -2.61. The van der Waals surface area contributed by atoms with Gasteiger partial charge in [0, 0.05) is 24.7 Å². The van der Waals surface area contributed by atoms with Gasteiger partial charge in [-0.25, -0.2) is 8.78 Å². The Balaban J connectivity index is 2.09.